The molecule has 0 saturated carbocycles. The summed E-state index contributed by atoms with van der Waals surface area (Å²) in [6, 6.07) is 13.4. The fourth-order valence-electron chi connectivity index (χ4n) is 3.87. The van der Waals surface area contributed by atoms with Crippen LogP contribution in [0.15, 0.2) is 48.5 Å². The number of urea groups is 1. The minimum Gasteiger partial charge on any atom is -0.494 e. The van der Waals surface area contributed by atoms with Gasteiger partial charge >= 0.3 is 6.03 Å². The number of rotatable bonds is 9. The molecule has 7 heteroatoms. The molecule has 3 rings (SSSR count). The lowest BCUT2D eigenvalue weighted by Crippen LogP contribution is -2.44. The Bertz CT molecular complexity index is 906. The van der Waals surface area contributed by atoms with Crippen LogP contribution in [-0.2, 0) is 4.79 Å². The first-order valence-electron chi connectivity index (χ1n) is 11.3. The van der Waals surface area contributed by atoms with Gasteiger partial charge in [-0.25, -0.2) is 9.18 Å². The summed E-state index contributed by atoms with van der Waals surface area (Å²) in [4.78, 5) is 26.6. The van der Waals surface area contributed by atoms with E-state index in [0.29, 0.717) is 31.8 Å². The monoisotopic (exact) mass is 441 g/mol. The Balaban J connectivity index is 1.32. The predicted molar refractivity (Wildman–Crippen MR) is 123 cm³/mol. The van der Waals surface area contributed by atoms with Crippen LogP contribution in [0, 0.1) is 18.7 Å². The van der Waals surface area contributed by atoms with E-state index in [1.165, 1.54) is 17.7 Å². The Morgan fingerprint density at radius 3 is 2.81 bits per heavy atom. The number of piperidine rings is 1. The molecule has 1 aliphatic rings. The summed E-state index contributed by atoms with van der Waals surface area (Å²) in [7, 11) is 0. The second-order valence-electron chi connectivity index (χ2n) is 8.32. The Morgan fingerprint density at radius 2 is 2.00 bits per heavy atom. The maximum absolute atomic E-state index is 13.2. The number of benzene rings is 2. The van der Waals surface area contributed by atoms with Gasteiger partial charge in [0.25, 0.3) is 0 Å². The van der Waals surface area contributed by atoms with Gasteiger partial charge < -0.3 is 20.3 Å². The number of hydrogen-bond donors (Lipinski definition) is 2. The number of nitrogens with one attached hydrogen (secondary N) is 2. The SMILES string of the molecule is Cc1cccc(OCCCCC(=O)N2CCCC(CNC(=O)Nc3cccc(F)c3)C2)c1. The highest BCUT2D eigenvalue weighted by molar-refractivity contribution is 5.89. The molecule has 2 aromatic carbocycles. The van der Waals surface area contributed by atoms with Crippen molar-refractivity contribution >= 4 is 17.6 Å². The van der Waals surface area contributed by atoms with Crippen LogP contribution in [0.25, 0.3) is 0 Å². The number of hydrogen-bond acceptors (Lipinski definition) is 3. The summed E-state index contributed by atoms with van der Waals surface area (Å²) in [6.45, 7) is 4.53. The molecule has 3 amide bonds. The lowest BCUT2D eigenvalue weighted by atomic mass is 9.97. The van der Waals surface area contributed by atoms with E-state index in [9.17, 15) is 14.0 Å². The third kappa shape index (κ3) is 7.87. The molecule has 1 unspecified atom stereocenters. The molecule has 172 valence electrons. The average Bonchev–Trinajstić information content (AvgIpc) is 2.77. The highest BCUT2D eigenvalue weighted by Crippen LogP contribution is 2.18. The molecule has 2 N–H and O–H groups in total. The van der Waals surface area contributed by atoms with E-state index < -0.39 is 5.82 Å². The van der Waals surface area contributed by atoms with Crippen LogP contribution in [0.4, 0.5) is 14.9 Å². The molecule has 1 heterocycles. The van der Waals surface area contributed by atoms with E-state index in [-0.39, 0.29) is 17.9 Å². The Kier molecular flexibility index (Phi) is 8.90. The number of carbonyl (C=O) groups is 2. The van der Waals surface area contributed by atoms with E-state index in [4.69, 9.17) is 4.74 Å². The number of anilines is 1. The average molecular weight is 442 g/mol. The molecular formula is C25H32FN3O3. The standard InChI is InChI=1S/C25H32FN3O3/c1-19-7-4-11-23(15-19)32-14-3-2-12-24(30)29-13-6-8-20(18-29)17-27-25(31)28-22-10-5-9-21(26)16-22/h4-5,7,9-11,15-16,20H,2-3,6,8,12-14,17-18H2,1H3,(H2,27,28,31). The number of unbranched alkanes of at least 4 members (excludes halogenated alkanes) is 1. The van der Waals surface area contributed by atoms with Crippen molar-refractivity contribution in [1.29, 1.82) is 0 Å². The number of halogens is 1. The smallest absolute Gasteiger partial charge is 0.319 e. The maximum Gasteiger partial charge on any atom is 0.319 e. The molecular weight excluding hydrogens is 409 g/mol. The molecule has 1 saturated heterocycles. The molecule has 1 atom stereocenters. The summed E-state index contributed by atoms with van der Waals surface area (Å²) in [5, 5.41) is 5.46. The summed E-state index contributed by atoms with van der Waals surface area (Å²) in [6.07, 6.45) is 4.03. The molecule has 1 fully saturated rings. The van der Waals surface area contributed by atoms with Gasteiger partial charge in [-0.05, 0) is 74.4 Å². The second kappa shape index (κ2) is 12.1. The highest BCUT2D eigenvalue weighted by Gasteiger charge is 2.23. The van der Waals surface area contributed by atoms with Crippen molar-refractivity contribution in [3.63, 3.8) is 0 Å². The van der Waals surface area contributed by atoms with Crippen LogP contribution < -0.4 is 15.4 Å². The topological polar surface area (TPSA) is 70.7 Å². The fraction of sp³-hybridized carbons (Fsp3) is 0.440. The van der Waals surface area contributed by atoms with Gasteiger partial charge in [-0.15, -0.1) is 0 Å². The van der Waals surface area contributed by atoms with Crippen molar-refractivity contribution in [3.05, 3.63) is 59.9 Å². The lowest BCUT2D eigenvalue weighted by Gasteiger charge is -2.33. The first kappa shape index (κ1) is 23.6. The number of amides is 3. The van der Waals surface area contributed by atoms with Crippen molar-refractivity contribution in [2.75, 3.05) is 31.6 Å². The lowest BCUT2D eigenvalue weighted by molar-refractivity contribution is -0.133. The normalized spacial score (nSPS) is 15.8. The second-order valence-corrected chi connectivity index (χ2v) is 8.32. The first-order chi connectivity index (χ1) is 15.5. The van der Waals surface area contributed by atoms with Gasteiger partial charge in [0, 0.05) is 31.7 Å². The molecule has 6 nitrogen and oxygen atoms in total. The van der Waals surface area contributed by atoms with Crippen molar-refractivity contribution < 1.29 is 18.7 Å². The zero-order chi connectivity index (χ0) is 22.8. The fourth-order valence-corrected chi connectivity index (χ4v) is 3.87. The number of nitrogens with zero attached hydrogens (tertiary/aromatic N) is 1. The summed E-state index contributed by atoms with van der Waals surface area (Å²) in [5.74, 6) is 0.847. The predicted octanol–water partition coefficient (Wildman–Crippen LogP) is 4.74. The Morgan fingerprint density at radius 1 is 1.16 bits per heavy atom. The quantitative estimate of drug-likeness (QED) is 0.552. The van der Waals surface area contributed by atoms with E-state index in [1.54, 1.807) is 12.1 Å². The van der Waals surface area contributed by atoms with Crippen LogP contribution >= 0.6 is 0 Å². The van der Waals surface area contributed by atoms with Crippen LogP contribution in [0.2, 0.25) is 0 Å². The maximum atomic E-state index is 13.2. The molecule has 32 heavy (non-hydrogen) atoms. The molecule has 0 spiro atoms. The molecule has 1 aliphatic heterocycles. The van der Waals surface area contributed by atoms with Gasteiger partial charge in [-0.3, -0.25) is 4.79 Å². The number of aryl methyl sites for hydroxylation is 1. The zero-order valence-electron chi connectivity index (χ0n) is 18.6. The van der Waals surface area contributed by atoms with Gasteiger partial charge in [-0.1, -0.05) is 18.2 Å². The van der Waals surface area contributed by atoms with Gasteiger partial charge in [0.05, 0.1) is 6.61 Å². The number of carbonyl (C=O) groups excluding carboxylic acids is 2. The number of ether oxygens (including phenoxy) is 1. The zero-order valence-corrected chi connectivity index (χ0v) is 18.6. The largest absolute Gasteiger partial charge is 0.494 e. The van der Waals surface area contributed by atoms with Crippen molar-refractivity contribution in [2.24, 2.45) is 5.92 Å². The van der Waals surface area contributed by atoms with Crippen molar-refractivity contribution in [3.8, 4) is 5.75 Å². The Labute approximate surface area is 189 Å². The molecule has 0 radical (unpaired) electrons. The highest BCUT2D eigenvalue weighted by atomic mass is 19.1. The molecule has 0 aliphatic carbocycles. The summed E-state index contributed by atoms with van der Waals surface area (Å²) >= 11 is 0. The third-order valence-electron chi connectivity index (χ3n) is 5.55. The van der Waals surface area contributed by atoms with Gasteiger partial charge in [0.2, 0.25) is 5.91 Å². The van der Waals surface area contributed by atoms with E-state index >= 15 is 0 Å². The van der Waals surface area contributed by atoms with Crippen LogP contribution in [0.1, 0.15) is 37.7 Å². The third-order valence-corrected chi connectivity index (χ3v) is 5.55. The van der Waals surface area contributed by atoms with Crippen molar-refractivity contribution in [1.82, 2.24) is 10.2 Å². The summed E-state index contributed by atoms with van der Waals surface area (Å²) in [5.41, 5.74) is 1.58. The summed E-state index contributed by atoms with van der Waals surface area (Å²) < 4.78 is 19.0. The van der Waals surface area contributed by atoms with Crippen LogP contribution in [0.3, 0.4) is 0 Å². The Hall–Kier alpha value is -3.09. The minimum atomic E-state index is -0.397. The van der Waals surface area contributed by atoms with E-state index in [0.717, 1.165) is 38.0 Å². The minimum absolute atomic E-state index is 0.162. The van der Waals surface area contributed by atoms with Gasteiger partial charge in [0.1, 0.15) is 11.6 Å². The van der Waals surface area contributed by atoms with Crippen LogP contribution in [-0.4, -0.2) is 43.1 Å². The van der Waals surface area contributed by atoms with Gasteiger partial charge in [0.15, 0.2) is 0 Å². The molecule has 0 aromatic heterocycles. The first-order valence-corrected chi connectivity index (χ1v) is 11.3. The van der Waals surface area contributed by atoms with Gasteiger partial charge in [-0.2, -0.15) is 0 Å². The van der Waals surface area contributed by atoms with E-state index in [2.05, 4.69) is 10.6 Å². The molecule has 2 aromatic rings. The van der Waals surface area contributed by atoms with E-state index in [1.807, 2.05) is 36.1 Å². The number of likely N-dealkylation sites (tertiary alicyclic amines) is 1. The molecule has 0 bridgehead atoms. The van der Waals surface area contributed by atoms with Crippen LogP contribution in [0.5, 0.6) is 5.75 Å². The van der Waals surface area contributed by atoms with Crippen molar-refractivity contribution in [2.45, 2.75) is 39.0 Å².